The zero-order valence-corrected chi connectivity index (χ0v) is 9.19. The van der Waals surface area contributed by atoms with Gasteiger partial charge in [-0.05, 0) is 24.1 Å². The Hall–Kier alpha value is -1.80. The van der Waals surface area contributed by atoms with Crippen molar-refractivity contribution in [2.45, 2.75) is 6.42 Å². The first-order valence-electron chi connectivity index (χ1n) is 5.46. The highest BCUT2D eigenvalue weighted by Gasteiger charge is 2.05. The van der Waals surface area contributed by atoms with Gasteiger partial charge in [-0.25, -0.2) is 0 Å². The highest BCUT2D eigenvalue weighted by atomic mass is 14.6. The van der Waals surface area contributed by atoms with Gasteiger partial charge in [0.15, 0.2) is 0 Å². The van der Waals surface area contributed by atoms with E-state index in [0.717, 1.165) is 28.8 Å². The molecule has 0 aliphatic carbocycles. The van der Waals surface area contributed by atoms with Gasteiger partial charge < -0.3 is 11.5 Å². The summed E-state index contributed by atoms with van der Waals surface area (Å²) >= 11 is 0. The summed E-state index contributed by atoms with van der Waals surface area (Å²) in [6, 6.07) is 16.3. The van der Waals surface area contributed by atoms with Gasteiger partial charge in [0, 0.05) is 11.3 Å². The van der Waals surface area contributed by atoms with Gasteiger partial charge in [-0.2, -0.15) is 0 Å². The average Bonchev–Trinajstić information content (AvgIpc) is 2.33. The minimum atomic E-state index is 0.627. The van der Waals surface area contributed by atoms with Gasteiger partial charge in [0.25, 0.3) is 0 Å². The number of anilines is 1. The van der Waals surface area contributed by atoms with E-state index < -0.39 is 0 Å². The van der Waals surface area contributed by atoms with Crippen molar-refractivity contribution in [3.8, 4) is 11.1 Å². The standard InChI is InChI=1S/C14H16N2/c15-10-9-12-7-4-8-13(14(12)16)11-5-2-1-3-6-11/h1-8H,9-10,15-16H2. The third-order valence-corrected chi connectivity index (χ3v) is 2.69. The molecule has 0 heterocycles. The molecule has 0 aliphatic rings. The van der Waals surface area contributed by atoms with E-state index in [2.05, 4.69) is 12.1 Å². The van der Waals surface area contributed by atoms with Crippen LogP contribution in [-0.2, 0) is 6.42 Å². The van der Waals surface area contributed by atoms with Crippen molar-refractivity contribution in [3.63, 3.8) is 0 Å². The van der Waals surface area contributed by atoms with Crippen LogP contribution in [0, 0.1) is 0 Å². The molecule has 0 saturated heterocycles. The van der Waals surface area contributed by atoms with Gasteiger partial charge in [0.2, 0.25) is 0 Å². The second-order valence-electron chi connectivity index (χ2n) is 3.78. The summed E-state index contributed by atoms with van der Waals surface area (Å²) in [7, 11) is 0. The average molecular weight is 212 g/mol. The molecule has 2 aromatic rings. The predicted molar refractivity (Wildman–Crippen MR) is 69.0 cm³/mol. The maximum atomic E-state index is 6.15. The summed E-state index contributed by atoms with van der Waals surface area (Å²) in [5.74, 6) is 0. The lowest BCUT2D eigenvalue weighted by molar-refractivity contribution is 0.972. The zero-order chi connectivity index (χ0) is 11.4. The Bertz CT molecular complexity index is 463. The molecule has 0 aromatic heterocycles. The van der Waals surface area contributed by atoms with Crippen molar-refractivity contribution >= 4 is 5.69 Å². The number of para-hydroxylation sites is 1. The SMILES string of the molecule is NCCc1cccc(-c2ccccc2)c1N. The molecule has 0 amide bonds. The van der Waals surface area contributed by atoms with Gasteiger partial charge in [-0.3, -0.25) is 0 Å². The first kappa shape index (κ1) is 10.7. The van der Waals surface area contributed by atoms with E-state index >= 15 is 0 Å². The maximum Gasteiger partial charge on any atom is 0.0426 e. The molecule has 0 unspecified atom stereocenters. The third kappa shape index (κ3) is 2.07. The van der Waals surface area contributed by atoms with Crippen LogP contribution in [0.3, 0.4) is 0 Å². The van der Waals surface area contributed by atoms with Crippen molar-refractivity contribution in [2.24, 2.45) is 5.73 Å². The number of nitrogen functional groups attached to an aromatic ring is 1. The Morgan fingerprint density at radius 1 is 0.875 bits per heavy atom. The number of benzene rings is 2. The Morgan fingerprint density at radius 3 is 2.31 bits per heavy atom. The molecule has 16 heavy (non-hydrogen) atoms. The highest BCUT2D eigenvalue weighted by molar-refractivity contribution is 5.78. The third-order valence-electron chi connectivity index (χ3n) is 2.69. The molecule has 0 saturated carbocycles. The van der Waals surface area contributed by atoms with E-state index in [0.29, 0.717) is 6.54 Å². The molecule has 0 fully saturated rings. The molecule has 2 heteroatoms. The predicted octanol–water partition coefficient (Wildman–Crippen LogP) is 2.44. The summed E-state index contributed by atoms with van der Waals surface area (Å²) in [6.07, 6.45) is 0.826. The number of nitrogens with two attached hydrogens (primary N) is 2. The fourth-order valence-corrected chi connectivity index (χ4v) is 1.86. The Labute approximate surface area is 95.9 Å². The van der Waals surface area contributed by atoms with Crippen LogP contribution in [0.2, 0.25) is 0 Å². The first-order chi connectivity index (χ1) is 7.83. The normalized spacial score (nSPS) is 10.3. The van der Waals surface area contributed by atoms with Gasteiger partial charge in [0.1, 0.15) is 0 Å². The van der Waals surface area contributed by atoms with Gasteiger partial charge in [-0.1, -0.05) is 48.5 Å². The van der Waals surface area contributed by atoms with Crippen molar-refractivity contribution in [2.75, 3.05) is 12.3 Å². The fourth-order valence-electron chi connectivity index (χ4n) is 1.86. The summed E-state index contributed by atoms with van der Waals surface area (Å²) in [5, 5.41) is 0. The maximum absolute atomic E-state index is 6.15. The van der Waals surface area contributed by atoms with Crippen LogP contribution in [-0.4, -0.2) is 6.54 Å². The summed E-state index contributed by atoms with van der Waals surface area (Å²) in [6.45, 7) is 0.627. The molecule has 0 bridgehead atoms. The van der Waals surface area contributed by atoms with Crippen LogP contribution in [0.15, 0.2) is 48.5 Å². The lowest BCUT2D eigenvalue weighted by atomic mass is 9.99. The molecule has 0 spiro atoms. The molecule has 0 radical (unpaired) electrons. The summed E-state index contributed by atoms with van der Waals surface area (Å²) in [4.78, 5) is 0. The minimum absolute atomic E-state index is 0.627. The molecular formula is C14H16N2. The topological polar surface area (TPSA) is 52.0 Å². The van der Waals surface area contributed by atoms with Crippen LogP contribution in [0.4, 0.5) is 5.69 Å². The van der Waals surface area contributed by atoms with Crippen LogP contribution in [0.1, 0.15) is 5.56 Å². The van der Waals surface area contributed by atoms with E-state index in [-0.39, 0.29) is 0 Å². The lowest BCUT2D eigenvalue weighted by Gasteiger charge is -2.10. The number of hydrogen-bond acceptors (Lipinski definition) is 2. The molecule has 82 valence electrons. The van der Waals surface area contributed by atoms with E-state index in [1.54, 1.807) is 0 Å². The van der Waals surface area contributed by atoms with Gasteiger partial charge >= 0.3 is 0 Å². The first-order valence-corrected chi connectivity index (χ1v) is 5.46. The monoisotopic (exact) mass is 212 g/mol. The molecule has 2 nitrogen and oxygen atoms in total. The van der Waals surface area contributed by atoms with Crippen molar-refractivity contribution in [3.05, 3.63) is 54.1 Å². The van der Waals surface area contributed by atoms with E-state index in [1.165, 1.54) is 0 Å². The minimum Gasteiger partial charge on any atom is -0.398 e. The number of rotatable bonds is 3. The molecule has 0 atom stereocenters. The van der Waals surface area contributed by atoms with E-state index in [4.69, 9.17) is 11.5 Å². The summed E-state index contributed by atoms with van der Waals surface area (Å²) < 4.78 is 0. The van der Waals surface area contributed by atoms with Crippen molar-refractivity contribution < 1.29 is 0 Å². The second-order valence-corrected chi connectivity index (χ2v) is 3.78. The lowest BCUT2D eigenvalue weighted by Crippen LogP contribution is -2.05. The number of hydrogen-bond donors (Lipinski definition) is 2. The molecule has 4 N–H and O–H groups in total. The zero-order valence-electron chi connectivity index (χ0n) is 9.19. The molecule has 2 rings (SSSR count). The second kappa shape index (κ2) is 4.81. The Kier molecular flexibility index (Phi) is 3.22. The highest BCUT2D eigenvalue weighted by Crippen LogP contribution is 2.28. The largest absolute Gasteiger partial charge is 0.398 e. The van der Waals surface area contributed by atoms with E-state index in [9.17, 15) is 0 Å². The quantitative estimate of drug-likeness (QED) is 0.768. The summed E-state index contributed by atoms with van der Waals surface area (Å²) in [5.41, 5.74) is 15.9. The van der Waals surface area contributed by atoms with Gasteiger partial charge in [-0.15, -0.1) is 0 Å². The van der Waals surface area contributed by atoms with Crippen LogP contribution in [0.25, 0.3) is 11.1 Å². The van der Waals surface area contributed by atoms with E-state index in [1.807, 2.05) is 36.4 Å². The Morgan fingerprint density at radius 2 is 1.62 bits per heavy atom. The Balaban J connectivity index is 2.46. The van der Waals surface area contributed by atoms with Crippen LogP contribution < -0.4 is 11.5 Å². The molecule has 2 aromatic carbocycles. The van der Waals surface area contributed by atoms with Gasteiger partial charge in [0.05, 0.1) is 0 Å². The molecular weight excluding hydrogens is 196 g/mol. The molecule has 0 aliphatic heterocycles. The van der Waals surface area contributed by atoms with Crippen LogP contribution >= 0.6 is 0 Å². The van der Waals surface area contributed by atoms with Crippen molar-refractivity contribution in [1.82, 2.24) is 0 Å². The van der Waals surface area contributed by atoms with Crippen molar-refractivity contribution in [1.29, 1.82) is 0 Å². The smallest absolute Gasteiger partial charge is 0.0426 e. The fraction of sp³-hybridized carbons (Fsp3) is 0.143. The van der Waals surface area contributed by atoms with Crippen LogP contribution in [0.5, 0.6) is 0 Å².